The second-order valence-corrected chi connectivity index (χ2v) is 4.92. The van der Waals surface area contributed by atoms with Gasteiger partial charge >= 0.3 is 5.97 Å². The predicted molar refractivity (Wildman–Crippen MR) is 54.3 cm³/mol. The summed E-state index contributed by atoms with van der Waals surface area (Å²) in [5, 5.41) is 9.00. The molecule has 0 aromatic carbocycles. The first-order valence-corrected chi connectivity index (χ1v) is 5.51. The molecule has 2 amide bonds. The molecule has 1 saturated heterocycles. The van der Waals surface area contributed by atoms with Crippen LogP contribution in [0.3, 0.4) is 0 Å². The molecule has 1 N–H and O–H groups in total. The van der Waals surface area contributed by atoms with Gasteiger partial charge in [-0.1, -0.05) is 13.8 Å². The molecule has 2 fully saturated rings. The molecular formula is C11H15NO4. The average molecular weight is 225 g/mol. The molecule has 0 bridgehead atoms. The van der Waals surface area contributed by atoms with Crippen molar-refractivity contribution in [2.45, 2.75) is 20.3 Å². The Morgan fingerprint density at radius 1 is 1.38 bits per heavy atom. The molecule has 0 aromatic heterocycles. The number of hydrogen-bond acceptors (Lipinski definition) is 3. The van der Waals surface area contributed by atoms with E-state index in [4.69, 9.17) is 5.11 Å². The quantitative estimate of drug-likeness (QED) is 0.700. The highest BCUT2D eigenvalue weighted by molar-refractivity contribution is 6.09. The summed E-state index contributed by atoms with van der Waals surface area (Å²) >= 11 is 0. The number of likely N-dealkylation sites (tertiary alicyclic amines) is 1. The van der Waals surface area contributed by atoms with E-state index in [1.807, 2.05) is 0 Å². The minimum atomic E-state index is -0.948. The number of carbonyl (C=O) groups excluding carboxylic acids is 2. The van der Waals surface area contributed by atoms with Crippen molar-refractivity contribution < 1.29 is 19.5 Å². The van der Waals surface area contributed by atoms with Crippen molar-refractivity contribution in [3.8, 4) is 0 Å². The van der Waals surface area contributed by atoms with Crippen LogP contribution >= 0.6 is 0 Å². The number of amides is 2. The summed E-state index contributed by atoms with van der Waals surface area (Å²) in [7, 11) is 0. The van der Waals surface area contributed by atoms with E-state index < -0.39 is 11.9 Å². The Balaban J connectivity index is 2.06. The lowest BCUT2D eigenvalue weighted by atomic mass is 9.95. The first-order valence-electron chi connectivity index (χ1n) is 5.51. The zero-order chi connectivity index (χ0) is 12.0. The molecule has 1 aliphatic heterocycles. The van der Waals surface area contributed by atoms with Gasteiger partial charge in [0, 0.05) is 6.54 Å². The lowest BCUT2D eigenvalue weighted by Gasteiger charge is -2.23. The van der Waals surface area contributed by atoms with Crippen LogP contribution in [0.15, 0.2) is 0 Å². The van der Waals surface area contributed by atoms with E-state index in [2.05, 4.69) is 0 Å². The van der Waals surface area contributed by atoms with Gasteiger partial charge in [0.15, 0.2) is 0 Å². The number of hydrogen-bond donors (Lipinski definition) is 1. The highest BCUT2D eigenvalue weighted by Gasteiger charge is 2.59. The molecule has 88 valence electrons. The molecule has 16 heavy (non-hydrogen) atoms. The third-order valence-corrected chi connectivity index (χ3v) is 3.46. The van der Waals surface area contributed by atoms with Gasteiger partial charge in [-0.2, -0.15) is 0 Å². The minimum absolute atomic E-state index is 0.0255. The average Bonchev–Trinajstić information content (AvgIpc) is 2.91. The number of piperidine rings is 1. The molecule has 5 nitrogen and oxygen atoms in total. The normalized spacial score (nSPS) is 29.6. The van der Waals surface area contributed by atoms with Gasteiger partial charge in [0.1, 0.15) is 0 Å². The van der Waals surface area contributed by atoms with Gasteiger partial charge < -0.3 is 5.11 Å². The van der Waals surface area contributed by atoms with Crippen LogP contribution in [-0.2, 0) is 14.4 Å². The molecule has 1 saturated carbocycles. The molecule has 2 rings (SSSR count). The van der Waals surface area contributed by atoms with Crippen LogP contribution in [0.1, 0.15) is 20.3 Å². The number of fused-ring (bicyclic) bond motifs is 1. The molecule has 0 aromatic rings. The van der Waals surface area contributed by atoms with Gasteiger partial charge in [0.05, 0.1) is 17.8 Å². The van der Waals surface area contributed by atoms with E-state index in [9.17, 15) is 14.4 Å². The first-order chi connectivity index (χ1) is 7.43. The fraction of sp³-hybridized carbons (Fsp3) is 0.727. The number of carboxylic acids is 1. The van der Waals surface area contributed by atoms with Crippen LogP contribution in [0, 0.1) is 23.7 Å². The summed E-state index contributed by atoms with van der Waals surface area (Å²) in [5.41, 5.74) is 0. The van der Waals surface area contributed by atoms with Crippen LogP contribution in [0.5, 0.6) is 0 Å². The van der Waals surface area contributed by atoms with Crippen molar-refractivity contribution in [3.05, 3.63) is 0 Å². The summed E-state index contributed by atoms with van der Waals surface area (Å²) < 4.78 is 0. The Hall–Kier alpha value is -1.39. The second-order valence-electron chi connectivity index (χ2n) is 4.92. The van der Waals surface area contributed by atoms with Crippen molar-refractivity contribution in [2.24, 2.45) is 23.7 Å². The van der Waals surface area contributed by atoms with E-state index in [-0.39, 0.29) is 36.1 Å². The molecule has 3 atom stereocenters. The van der Waals surface area contributed by atoms with Crippen LogP contribution < -0.4 is 0 Å². The van der Waals surface area contributed by atoms with E-state index in [0.717, 1.165) is 4.90 Å². The van der Waals surface area contributed by atoms with Crippen molar-refractivity contribution in [2.75, 3.05) is 6.54 Å². The second kappa shape index (κ2) is 3.57. The SMILES string of the molecule is CC(C)C(CN1C(=O)C2CC2C1=O)C(=O)O. The Labute approximate surface area is 93.4 Å². The highest BCUT2D eigenvalue weighted by Crippen LogP contribution is 2.47. The topological polar surface area (TPSA) is 74.7 Å². The zero-order valence-corrected chi connectivity index (χ0v) is 9.34. The van der Waals surface area contributed by atoms with Gasteiger partial charge in [-0.15, -0.1) is 0 Å². The lowest BCUT2D eigenvalue weighted by molar-refractivity contribution is -0.148. The summed E-state index contributed by atoms with van der Waals surface area (Å²) in [6.07, 6.45) is 0.660. The summed E-state index contributed by atoms with van der Waals surface area (Å²) in [6, 6.07) is 0. The van der Waals surface area contributed by atoms with Crippen LogP contribution in [0.2, 0.25) is 0 Å². The van der Waals surface area contributed by atoms with Crippen molar-refractivity contribution in [1.29, 1.82) is 0 Å². The Bertz CT molecular complexity index is 343. The fourth-order valence-electron chi connectivity index (χ4n) is 2.20. The highest BCUT2D eigenvalue weighted by atomic mass is 16.4. The van der Waals surface area contributed by atoms with Crippen LogP contribution in [0.25, 0.3) is 0 Å². The largest absolute Gasteiger partial charge is 0.481 e. The molecule has 1 aliphatic carbocycles. The standard InChI is InChI=1S/C11H15NO4/c1-5(2)8(11(15)16)4-12-9(13)6-3-7(6)10(12)14/h5-8H,3-4H2,1-2H3,(H,15,16). The Morgan fingerprint density at radius 3 is 2.25 bits per heavy atom. The van der Waals surface area contributed by atoms with Crippen LogP contribution in [0.4, 0.5) is 0 Å². The zero-order valence-electron chi connectivity index (χ0n) is 9.34. The third kappa shape index (κ3) is 1.60. The van der Waals surface area contributed by atoms with Gasteiger partial charge in [-0.25, -0.2) is 0 Å². The maximum absolute atomic E-state index is 11.7. The van der Waals surface area contributed by atoms with E-state index in [0.29, 0.717) is 6.42 Å². The van der Waals surface area contributed by atoms with Gasteiger partial charge in [0.2, 0.25) is 11.8 Å². The fourth-order valence-corrected chi connectivity index (χ4v) is 2.20. The van der Waals surface area contributed by atoms with Gasteiger partial charge in [0.25, 0.3) is 0 Å². The Kier molecular flexibility index (Phi) is 2.48. The van der Waals surface area contributed by atoms with E-state index in [1.54, 1.807) is 13.8 Å². The summed E-state index contributed by atoms with van der Waals surface area (Å²) in [6.45, 7) is 3.59. The van der Waals surface area contributed by atoms with Crippen LogP contribution in [-0.4, -0.2) is 34.3 Å². The van der Waals surface area contributed by atoms with E-state index >= 15 is 0 Å². The maximum atomic E-state index is 11.7. The van der Waals surface area contributed by atoms with Crippen molar-refractivity contribution in [1.82, 2.24) is 4.90 Å². The number of aliphatic carboxylic acids is 1. The minimum Gasteiger partial charge on any atom is -0.481 e. The molecule has 5 heteroatoms. The summed E-state index contributed by atoms with van der Waals surface area (Å²) in [5.74, 6) is -2.34. The lowest BCUT2D eigenvalue weighted by Crippen LogP contribution is -2.41. The number of rotatable bonds is 4. The molecule has 0 radical (unpaired) electrons. The maximum Gasteiger partial charge on any atom is 0.308 e. The van der Waals surface area contributed by atoms with Crippen molar-refractivity contribution >= 4 is 17.8 Å². The van der Waals surface area contributed by atoms with Gasteiger partial charge in [-0.05, 0) is 12.3 Å². The number of carboxylic acid groups (broad SMARTS) is 1. The number of nitrogens with zero attached hydrogens (tertiary/aromatic N) is 1. The molecule has 0 spiro atoms. The first kappa shape index (κ1) is 11.1. The Morgan fingerprint density at radius 2 is 1.88 bits per heavy atom. The third-order valence-electron chi connectivity index (χ3n) is 3.46. The molecule has 3 unspecified atom stereocenters. The smallest absolute Gasteiger partial charge is 0.308 e. The van der Waals surface area contributed by atoms with Crippen molar-refractivity contribution in [3.63, 3.8) is 0 Å². The molecular weight excluding hydrogens is 210 g/mol. The molecule has 2 aliphatic rings. The predicted octanol–water partition coefficient (Wildman–Crippen LogP) is 0.348. The van der Waals surface area contributed by atoms with Gasteiger partial charge in [-0.3, -0.25) is 19.3 Å². The number of carbonyl (C=O) groups is 3. The monoisotopic (exact) mass is 225 g/mol. The summed E-state index contributed by atoms with van der Waals surface area (Å²) in [4.78, 5) is 35.4. The molecule has 1 heterocycles. The van der Waals surface area contributed by atoms with E-state index in [1.165, 1.54) is 0 Å². The number of imide groups is 1.